The van der Waals surface area contributed by atoms with E-state index in [4.69, 9.17) is 5.14 Å². The standard InChI is InChI=1S/C21H19N5O3S/c1-14(27)16-3-2-4-17(11-16)19-13-24-21-10-9-20(25-26(19)21)23-12-15-5-7-18(8-6-15)30(22,28)29/h2-11,13H,12H2,1H3,(H,23,25)(H2,22,28,29). The minimum absolute atomic E-state index is 0.00515. The number of hydrogen-bond donors (Lipinski definition) is 2. The summed E-state index contributed by atoms with van der Waals surface area (Å²) in [4.78, 5) is 16.1. The molecule has 0 saturated heterocycles. The topological polar surface area (TPSA) is 119 Å². The van der Waals surface area contributed by atoms with Gasteiger partial charge >= 0.3 is 0 Å². The fraction of sp³-hybridized carbons (Fsp3) is 0.0952. The van der Waals surface area contributed by atoms with Gasteiger partial charge in [-0.2, -0.15) is 0 Å². The Kier molecular flexibility index (Phi) is 5.06. The molecule has 0 spiro atoms. The van der Waals surface area contributed by atoms with Gasteiger partial charge in [-0.3, -0.25) is 4.79 Å². The summed E-state index contributed by atoms with van der Waals surface area (Å²) in [5, 5.41) is 12.9. The highest BCUT2D eigenvalue weighted by molar-refractivity contribution is 7.89. The van der Waals surface area contributed by atoms with Crippen molar-refractivity contribution < 1.29 is 13.2 Å². The summed E-state index contributed by atoms with van der Waals surface area (Å²) >= 11 is 0. The number of carbonyl (C=O) groups excluding carboxylic acids is 1. The van der Waals surface area contributed by atoms with Crippen LogP contribution in [0.25, 0.3) is 16.9 Å². The molecule has 2 aromatic heterocycles. The molecule has 9 heteroatoms. The zero-order chi connectivity index (χ0) is 21.3. The third-order valence-electron chi connectivity index (χ3n) is 4.65. The van der Waals surface area contributed by atoms with E-state index in [1.807, 2.05) is 30.3 Å². The van der Waals surface area contributed by atoms with Gasteiger partial charge in [-0.25, -0.2) is 23.1 Å². The molecule has 2 heterocycles. The Bertz CT molecular complexity index is 1340. The van der Waals surface area contributed by atoms with Crippen LogP contribution in [-0.2, 0) is 16.6 Å². The number of aromatic nitrogens is 3. The van der Waals surface area contributed by atoms with Crippen molar-refractivity contribution in [2.75, 3.05) is 5.32 Å². The number of nitrogens with one attached hydrogen (secondary N) is 1. The maximum Gasteiger partial charge on any atom is 0.238 e. The Morgan fingerprint density at radius 2 is 1.87 bits per heavy atom. The van der Waals surface area contributed by atoms with E-state index in [0.29, 0.717) is 23.6 Å². The molecule has 2 aromatic carbocycles. The second-order valence-electron chi connectivity index (χ2n) is 6.81. The Balaban J connectivity index is 1.58. The van der Waals surface area contributed by atoms with Crippen LogP contribution in [0.2, 0.25) is 0 Å². The molecule has 0 atom stereocenters. The normalized spacial score (nSPS) is 11.5. The molecule has 0 radical (unpaired) electrons. The fourth-order valence-electron chi connectivity index (χ4n) is 3.05. The van der Waals surface area contributed by atoms with Crippen molar-refractivity contribution in [2.24, 2.45) is 5.14 Å². The second-order valence-corrected chi connectivity index (χ2v) is 8.37. The molecule has 30 heavy (non-hydrogen) atoms. The van der Waals surface area contributed by atoms with E-state index in [9.17, 15) is 13.2 Å². The molecule has 0 amide bonds. The molecule has 4 rings (SSSR count). The van der Waals surface area contributed by atoms with Crippen molar-refractivity contribution in [2.45, 2.75) is 18.4 Å². The van der Waals surface area contributed by atoms with Crippen LogP contribution in [-0.4, -0.2) is 28.8 Å². The number of rotatable bonds is 6. The molecule has 8 nitrogen and oxygen atoms in total. The summed E-state index contributed by atoms with van der Waals surface area (Å²) < 4.78 is 24.4. The van der Waals surface area contributed by atoms with E-state index in [0.717, 1.165) is 16.8 Å². The molecule has 0 aliphatic carbocycles. The van der Waals surface area contributed by atoms with E-state index in [1.54, 1.807) is 28.9 Å². The number of Topliss-reactive ketones (excluding diaryl/α,β-unsaturated/α-hetero) is 1. The lowest BCUT2D eigenvalue weighted by Crippen LogP contribution is -2.12. The zero-order valence-corrected chi connectivity index (χ0v) is 16.9. The van der Waals surface area contributed by atoms with Gasteiger partial charge in [-0.1, -0.05) is 30.3 Å². The van der Waals surface area contributed by atoms with Crippen molar-refractivity contribution in [1.29, 1.82) is 0 Å². The van der Waals surface area contributed by atoms with Gasteiger partial charge < -0.3 is 5.32 Å². The Morgan fingerprint density at radius 3 is 2.57 bits per heavy atom. The van der Waals surface area contributed by atoms with Gasteiger partial charge in [0, 0.05) is 17.7 Å². The largest absolute Gasteiger partial charge is 0.365 e. The summed E-state index contributed by atoms with van der Waals surface area (Å²) in [6.45, 7) is 1.98. The summed E-state index contributed by atoms with van der Waals surface area (Å²) in [5.41, 5.74) is 3.80. The number of carbonyl (C=O) groups is 1. The number of anilines is 1. The molecule has 0 saturated carbocycles. The second kappa shape index (κ2) is 7.69. The summed E-state index contributed by atoms with van der Waals surface area (Å²) in [6, 6.07) is 17.3. The smallest absolute Gasteiger partial charge is 0.238 e. The molecule has 4 aromatic rings. The number of benzene rings is 2. The van der Waals surface area contributed by atoms with Gasteiger partial charge in [0.1, 0.15) is 5.82 Å². The lowest BCUT2D eigenvalue weighted by Gasteiger charge is -2.08. The lowest BCUT2D eigenvalue weighted by atomic mass is 10.1. The lowest BCUT2D eigenvalue weighted by molar-refractivity contribution is 0.101. The van der Waals surface area contributed by atoms with E-state index in [2.05, 4.69) is 15.4 Å². The predicted molar refractivity (Wildman–Crippen MR) is 114 cm³/mol. The molecule has 0 bridgehead atoms. The SMILES string of the molecule is CC(=O)c1cccc(-c2cnc3ccc(NCc4ccc(S(N)(=O)=O)cc4)nn23)c1. The van der Waals surface area contributed by atoms with E-state index >= 15 is 0 Å². The number of fused-ring (bicyclic) bond motifs is 1. The molecule has 0 unspecified atom stereocenters. The first-order chi connectivity index (χ1) is 14.3. The number of imidazole rings is 1. The van der Waals surface area contributed by atoms with Crippen LogP contribution < -0.4 is 10.5 Å². The molecule has 0 aliphatic rings. The highest BCUT2D eigenvalue weighted by Gasteiger charge is 2.10. The van der Waals surface area contributed by atoms with E-state index in [-0.39, 0.29) is 10.7 Å². The minimum Gasteiger partial charge on any atom is -0.365 e. The molecule has 3 N–H and O–H groups in total. The molecular weight excluding hydrogens is 402 g/mol. The van der Waals surface area contributed by atoms with Crippen molar-refractivity contribution in [3.8, 4) is 11.3 Å². The van der Waals surface area contributed by atoms with Crippen molar-refractivity contribution >= 4 is 27.3 Å². The van der Waals surface area contributed by atoms with Crippen LogP contribution in [0.5, 0.6) is 0 Å². The average Bonchev–Trinajstić information content (AvgIpc) is 3.15. The fourth-order valence-corrected chi connectivity index (χ4v) is 3.57. The first-order valence-corrected chi connectivity index (χ1v) is 10.7. The Hall–Kier alpha value is -3.56. The highest BCUT2D eigenvalue weighted by Crippen LogP contribution is 2.22. The number of ketones is 1. The maximum atomic E-state index is 11.7. The molecule has 0 aliphatic heterocycles. The summed E-state index contributed by atoms with van der Waals surface area (Å²) in [5.74, 6) is 0.620. The first kappa shape index (κ1) is 19.7. The molecule has 152 valence electrons. The van der Waals surface area contributed by atoms with Crippen molar-refractivity contribution in [1.82, 2.24) is 14.6 Å². The number of primary sulfonamides is 1. The van der Waals surface area contributed by atoms with Crippen LogP contribution in [0.4, 0.5) is 5.82 Å². The van der Waals surface area contributed by atoms with Crippen molar-refractivity contribution in [3.05, 3.63) is 78.0 Å². The number of nitrogens with zero attached hydrogens (tertiary/aromatic N) is 3. The number of sulfonamides is 1. The monoisotopic (exact) mass is 421 g/mol. The van der Waals surface area contributed by atoms with E-state index < -0.39 is 10.0 Å². The average molecular weight is 421 g/mol. The third-order valence-corrected chi connectivity index (χ3v) is 5.58. The minimum atomic E-state index is -3.71. The Morgan fingerprint density at radius 1 is 1.10 bits per heavy atom. The quantitative estimate of drug-likeness (QED) is 0.462. The number of nitrogens with two attached hydrogens (primary N) is 1. The predicted octanol–water partition coefficient (Wildman–Crippen LogP) is 2.86. The van der Waals surface area contributed by atoms with Crippen molar-refractivity contribution in [3.63, 3.8) is 0 Å². The molecular formula is C21H19N5O3S. The van der Waals surface area contributed by atoms with Gasteiger partial charge in [0.25, 0.3) is 0 Å². The third kappa shape index (κ3) is 4.07. The van der Waals surface area contributed by atoms with Crippen LogP contribution in [0.3, 0.4) is 0 Å². The van der Waals surface area contributed by atoms with Gasteiger partial charge in [0.05, 0.1) is 16.8 Å². The van der Waals surface area contributed by atoms with E-state index in [1.165, 1.54) is 19.1 Å². The zero-order valence-electron chi connectivity index (χ0n) is 16.1. The van der Waals surface area contributed by atoms with Crippen LogP contribution in [0, 0.1) is 0 Å². The molecule has 0 fully saturated rings. The summed E-state index contributed by atoms with van der Waals surface area (Å²) in [6.07, 6.45) is 1.72. The summed E-state index contributed by atoms with van der Waals surface area (Å²) in [7, 11) is -3.71. The van der Waals surface area contributed by atoms with Gasteiger partial charge in [-0.15, -0.1) is 5.10 Å². The number of hydrogen-bond acceptors (Lipinski definition) is 6. The van der Waals surface area contributed by atoms with Crippen LogP contribution in [0.15, 0.2) is 71.8 Å². The van der Waals surface area contributed by atoms with Gasteiger partial charge in [0.15, 0.2) is 11.4 Å². The first-order valence-electron chi connectivity index (χ1n) is 9.13. The van der Waals surface area contributed by atoms with Gasteiger partial charge in [0.2, 0.25) is 10.0 Å². The van der Waals surface area contributed by atoms with Gasteiger partial charge in [-0.05, 0) is 42.8 Å². The van der Waals surface area contributed by atoms with Crippen LogP contribution >= 0.6 is 0 Å². The highest BCUT2D eigenvalue weighted by atomic mass is 32.2. The maximum absolute atomic E-state index is 11.7. The van der Waals surface area contributed by atoms with Crippen LogP contribution in [0.1, 0.15) is 22.8 Å². The Labute approximate surface area is 173 Å².